The summed E-state index contributed by atoms with van der Waals surface area (Å²) in [6, 6.07) is 15.1. The van der Waals surface area contributed by atoms with E-state index in [1.54, 1.807) is 35.6 Å². The SMILES string of the molecule is O=c1c2csc3ccccc3c-2nn1-c1ccc(CO)cc1. The molecule has 22 heavy (non-hydrogen) atoms. The number of benzene rings is 2. The first-order valence-corrected chi connectivity index (χ1v) is 7.75. The first-order valence-electron chi connectivity index (χ1n) is 6.87. The minimum atomic E-state index is -0.117. The fourth-order valence-electron chi connectivity index (χ4n) is 2.52. The van der Waals surface area contributed by atoms with Crippen LogP contribution in [0.1, 0.15) is 5.56 Å². The highest BCUT2D eigenvalue weighted by Gasteiger charge is 2.18. The molecule has 0 fully saturated rings. The summed E-state index contributed by atoms with van der Waals surface area (Å²) in [5.41, 5.74) is 2.75. The largest absolute Gasteiger partial charge is 0.392 e. The van der Waals surface area contributed by atoms with Crippen molar-refractivity contribution in [3.05, 3.63) is 69.8 Å². The molecule has 0 bridgehead atoms. The molecule has 2 aliphatic heterocycles. The Bertz CT molecular complexity index is 986. The monoisotopic (exact) mass is 308 g/mol. The second-order valence-electron chi connectivity index (χ2n) is 5.04. The van der Waals surface area contributed by atoms with Gasteiger partial charge in [0.2, 0.25) is 0 Å². The van der Waals surface area contributed by atoms with Crippen molar-refractivity contribution in [1.29, 1.82) is 0 Å². The molecule has 4 nitrogen and oxygen atoms in total. The molecule has 108 valence electrons. The maximum Gasteiger partial charge on any atom is 0.281 e. The molecular formula is C17H12N2O2S. The number of hydrogen-bond donors (Lipinski definition) is 1. The van der Waals surface area contributed by atoms with E-state index in [0.717, 1.165) is 21.3 Å². The normalized spacial score (nSPS) is 11.3. The van der Waals surface area contributed by atoms with E-state index >= 15 is 0 Å². The van der Waals surface area contributed by atoms with E-state index in [1.165, 1.54) is 4.68 Å². The molecule has 0 saturated heterocycles. The molecule has 1 N–H and O–H groups in total. The molecule has 0 saturated carbocycles. The predicted octanol–water partition coefficient (Wildman–Crippen LogP) is 3.04. The van der Waals surface area contributed by atoms with Gasteiger partial charge in [-0.15, -0.1) is 11.3 Å². The number of aliphatic hydroxyl groups is 1. The lowest BCUT2D eigenvalue weighted by molar-refractivity contribution is 0.282. The van der Waals surface area contributed by atoms with Crippen molar-refractivity contribution < 1.29 is 5.11 Å². The van der Waals surface area contributed by atoms with E-state index in [1.807, 2.05) is 29.6 Å². The van der Waals surface area contributed by atoms with Crippen LogP contribution in [0.25, 0.3) is 27.0 Å². The summed E-state index contributed by atoms with van der Waals surface area (Å²) >= 11 is 1.55. The Hall–Kier alpha value is -2.50. The second-order valence-corrected chi connectivity index (χ2v) is 5.95. The Morgan fingerprint density at radius 1 is 1.09 bits per heavy atom. The highest BCUT2D eigenvalue weighted by Crippen LogP contribution is 2.30. The Morgan fingerprint density at radius 2 is 1.86 bits per heavy atom. The van der Waals surface area contributed by atoms with Crippen LogP contribution in [0.15, 0.2) is 58.7 Å². The lowest BCUT2D eigenvalue weighted by atomic mass is 10.1. The molecule has 0 spiro atoms. The number of aromatic nitrogens is 2. The van der Waals surface area contributed by atoms with Crippen molar-refractivity contribution in [2.45, 2.75) is 6.61 Å². The highest BCUT2D eigenvalue weighted by atomic mass is 32.1. The van der Waals surface area contributed by atoms with Crippen LogP contribution in [0, 0.1) is 0 Å². The summed E-state index contributed by atoms with van der Waals surface area (Å²) in [5, 5.41) is 16.5. The van der Waals surface area contributed by atoms with Crippen molar-refractivity contribution >= 4 is 21.4 Å². The van der Waals surface area contributed by atoms with Crippen LogP contribution in [-0.4, -0.2) is 14.9 Å². The molecule has 0 atom stereocenters. The fraction of sp³-hybridized carbons (Fsp3) is 0.0588. The molecule has 0 aromatic heterocycles. The maximum atomic E-state index is 12.6. The van der Waals surface area contributed by atoms with Gasteiger partial charge in [-0.3, -0.25) is 4.79 Å². The highest BCUT2D eigenvalue weighted by molar-refractivity contribution is 7.17. The Kier molecular flexibility index (Phi) is 3.03. The summed E-state index contributed by atoms with van der Waals surface area (Å²) in [5.74, 6) is 0. The second kappa shape index (κ2) is 5.05. The quantitative estimate of drug-likeness (QED) is 0.619. The Labute approximate surface area is 130 Å². The molecule has 0 aliphatic carbocycles. The van der Waals surface area contributed by atoms with Gasteiger partial charge in [-0.2, -0.15) is 9.78 Å². The third kappa shape index (κ3) is 1.94. The van der Waals surface area contributed by atoms with Gasteiger partial charge in [0, 0.05) is 15.5 Å². The molecule has 4 rings (SSSR count). The third-order valence-corrected chi connectivity index (χ3v) is 4.65. The van der Waals surface area contributed by atoms with Crippen LogP contribution in [0.3, 0.4) is 0 Å². The summed E-state index contributed by atoms with van der Waals surface area (Å²) in [4.78, 5) is 12.6. The summed E-state index contributed by atoms with van der Waals surface area (Å²) in [6.07, 6.45) is 0. The van der Waals surface area contributed by atoms with Crippen LogP contribution in [0.2, 0.25) is 0 Å². The van der Waals surface area contributed by atoms with Gasteiger partial charge in [-0.05, 0) is 23.8 Å². The minimum absolute atomic E-state index is 0.0160. The van der Waals surface area contributed by atoms with E-state index < -0.39 is 0 Å². The average Bonchev–Trinajstić information content (AvgIpc) is 2.92. The molecule has 2 aromatic carbocycles. The molecule has 0 amide bonds. The zero-order valence-corrected chi connectivity index (χ0v) is 12.4. The average molecular weight is 308 g/mol. The summed E-state index contributed by atoms with van der Waals surface area (Å²) in [6.45, 7) is -0.0160. The molecule has 5 heteroatoms. The molecular weight excluding hydrogens is 296 g/mol. The number of rotatable bonds is 2. The molecule has 2 heterocycles. The zero-order valence-electron chi connectivity index (χ0n) is 11.6. The number of hydrogen-bond acceptors (Lipinski definition) is 4. The minimum Gasteiger partial charge on any atom is -0.392 e. The van der Waals surface area contributed by atoms with Crippen molar-refractivity contribution in [2.75, 3.05) is 0 Å². The van der Waals surface area contributed by atoms with E-state index in [2.05, 4.69) is 5.10 Å². The van der Waals surface area contributed by atoms with Gasteiger partial charge in [0.15, 0.2) is 0 Å². The molecule has 0 radical (unpaired) electrons. The summed E-state index contributed by atoms with van der Waals surface area (Å²) in [7, 11) is 0. The Morgan fingerprint density at radius 3 is 2.64 bits per heavy atom. The van der Waals surface area contributed by atoms with Gasteiger partial charge in [-0.1, -0.05) is 30.3 Å². The standard InChI is InChI=1S/C17H12N2O2S/c20-9-11-5-7-12(8-6-11)19-17(21)14-10-22-15-4-2-1-3-13(15)16(14)18-19/h1-8,10,20H,9H2. The topological polar surface area (TPSA) is 55.1 Å². The number of nitrogens with zero attached hydrogens (tertiary/aromatic N) is 2. The maximum absolute atomic E-state index is 12.6. The van der Waals surface area contributed by atoms with Crippen molar-refractivity contribution in [3.63, 3.8) is 0 Å². The van der Waals surface area contributed by atoms with Crippen LogP contribution in [0.5, 0.6) is 0 Å². The Balaban J connectivity index is 1.98. The first-order chi connectivity index (χ1) is 10.8. The molecule has 2 aromatic rings. The molecule has 2 aliphatic rings. The van der Waals surface area contributed by atoms with Crippen LogP contribution in [0.4, 0.5) is 0 Å². The van der Waals surface area contributed by atoms with Gasteiger partial charge in [-0.25, -0.2) is 0 Å². The lowest BCUT2D eigenvalue weighted by Crippen LogP contribution is -2.14. The molecule has 0 unspecified atom stereocenters. The van der Waals surface area contributed by atoms with E-state index in [4.69, 9.17) is 5.11 Å². The third-order valence-electron chi connectivity index (χ3n) is 3.69. The van der Waals surface area contributed by atoms with Gasteiger partial charge < -0.3 is 5.11 Å². The summed E-state index contributed by atoms with van der Waals surface area (Å²) < 4.78 is 2.53. The van der Waals surface area contributed by atoms with Crippen LogP contribution < -0.4 is 5.56 Å². The van der Waals surface area contributed by atoms with Gasteiger partial charge in [0.05, 0.1) is 17.9 Å². The van der Waals surface area contributed by atoms with Crippen molar-refractivity contribution in [1.82, 2.24) is 9.78 Å². The zero-order chi connectivity index (χ0) is 15.1. The lowest BCUT2D eigenvalue weighted by Gasteiger charge is -2.01. The van der Waals surface area contributed by atoms with Crippen molar-refractivity contribution in [3.8, 4) is 16.9 Å². The van der Waals surface area contributed by atoms with E-state index in [9.17, 15) is 4.79 Å². The van der Waals surface area contributed by atoms with Crippen LogP contribution >= 0.6 is 11.3 Å². The predicted molar refractivity (Wildman–Crippen MR) is 87.8 cm³/mol. The van der Waals surface area contributed by atoms with Crippen molar-refractivity contribution in [2.24, 2.45) is 0 Å². The first kappa shape index (κ1) is 13.2. The smallest absolute Gasteiger partial charge is 0.281 e. The number of fused-ring (bicyclic) bond motifs is 3. The van der Waals surface area contributed by atoms with Gasteiger partial charge in [0.1, 0.15) is 5.69 Å². The van der Waals surface area contributed by atoms with E-state index in [0.29, 0.717) is 11.3 Å². The number of aliphatic hydroxyl groups excluding tert-OH is 1. The van der Waals surface area contributed by atoms with E-state index in [-0.39, 0.29) is 12.2 Å². The van der Waals surface area contributed by atoms with Gasteiger partial charge in [0.25, 0.3) is 5.56 Å². The van der Waals surface area contributed by atoms with Gasteiger partial charge >= 0.3 is 0 Å². The van der Waals surface area contributed by atoms with Crippen LogP contribution in [-0.2, 0) is 6.61 Å². The fourth-order valence-corrected chi connectivity index (χ4v) is 3.43.